The van der Waals surface area contributed by atoms with Gasteiger partial charge in [-0.2, -0.15) is 26.3 Å². The molecule has 1 fully saturated rings. The van der Waals surface area contributed by atoms with Crippen LogP contribution in [0.15, 0.2) is 54.7 Å². The standard InChI is InChI=1S/C31H31ClF6N4O3/c1-17(44)18-13-29(39,16-43)42(15-18)26-12-23(22-7-5-6-8-24(22)32)25(14-40-26)41(4)27(45)28(2,3)19-9-20(30(33,34)35)11-21(10-19)31(36,37)38/h5-12,14,18,43H,13,15-16,39H2,1-4H3/t18-,29-/m0/s1. The highest BCUT2D eigenvalue weighted by Crippen LogP contribution is 2.43. The lowest BCUT2D eigenvalue weighted by Gasteiger charge is -2.35. The van der Waals surface area contributed by atoms with Crippen LogP contribution in [-0.4, -0.2) is 47.6 Å². The van der Waals surface area contributed by atoms with Gasteiger partial charge >= 0.3 is 12.4 Å². The van der Waals surface area contributed by atoms with Gasteiger partial charge in [-0.3, -0.25) is 9.59 Å². The maximum Gasteiger partial charge on any atom is 0.416 e. The maximum absolute atomic E-state index is 14.0. The Morgan fingerprint density at radius 3 is 2.09 bits per heavy atom. The number of hydrogen-bond donors (Lipinski definition) is 2. The highest BCUT2D eigenvalue weighted by Gasteiger charge is 2.45. The Bertz CT molecular complexity index is 1600. The molecule has 0 radical (unpaired) electrons. The highest BCUT2D eigenvalue weighted by molar-refractivity contribution is 6.33. The quantitative estimate of drug-likeness (QED) is 0.284. The van der Waals surface area contributed by atoms with Crippen molar-refractivity contribution in [2.45, 2.75) is 50.6 Å². The smallest absolute Gasteiger partial charge is 0.393 e. The van der Waals surface area contributed by atoms with E-state index in [1.54, 1.807) is 35.2 Å². The largest absolute Gasteiger partial charge is 0.416 e. The third-order valence-corrected chi connectivity index (χ3v) is 8.54. The number of anilines is 2. The number of aliphatic hydroxyl groups excluding tert-OH is 1. The Balaban J connectivity index is 1.84. The lowest BCUT2D eigenvalue weighted by Crippen LogP contribution is -2.55. The molecule has 4 rings (SSSR count). The Morgan fingerprint density at radius 2 is 1.58 bits per heavy atom. The van der Waals surface area contributed by atoms with Crippen molar-refractivity contribution in [2.75, 3.05) is 30.0 Å². The van der Waals surface area contributed by atoms with Crippen molar-refractivity contribution in [1.29, 1.82) is 0 Å². The fraction of sp³-hybridized carbons (Fsp3) is 0.387. The van der Waals surface area contributed by atoms with Gasteiger partial charge in [-0.25, -0.2) is 4.98 Å². The minimum Gasteiger partial charge on any atom is -0.393 e. The van der Waals surface area contributed by atoms with Gasteiger partial charge in [0.2, 0.25) is 5.91 Å². The molecule has 3 N–H and O–H groups in total. The van der Waals surface area contributed by atoms with Crippen molar-refractivity contribution in [3.05, 3.63) is 76.4 Å². The second-order valence-electron chi connectivity index (χ2n) is 11.7. The van der Waals surface area contributed by atoms with Crippen LogP contribution in [0.25, 0.3) is 11.1 Å². The first-order valence-corrected chi connectivity index (χ1v) is 14.1. The monoisotopic (exact) mass is 656 g/mol. The average Bonchev–Trinajstić information content (AvgIpc) is 3.33. The molecule has 0 bridgehead atoms. The molecule has 14 heteroatoms. The summed E-state index contributed by atoms with van der Waals surface area (Å²) in [4.78, 5) is 33.3. The molecule has 242 valence electrons. The summed E-state index contributed by atoms with van der Waals surface area (Å²) in [6.07, 6.45) is -8.73. The number of benzene rings is 2. The number of halogens is 7. The van der Waals surface area contributed by atoms with Crippen LogP contribution in [-0.2, 0) is 27.4 Å². The molecule has 3 aromatic rings. The van der Waals surface area contributed by atoms with Gasteiger partial charge in [0.05, 0.1) is 35.0 Å². The molecule has 0 saturated carbocycles. The number of hydrogen-bond acceptors (Lipinski definition) is 6. The number of carbonyl (C=O) groups is 2. The third-order valence-electron chi connectivity index (χ3n) is 8.21. The van der Waals surface area contributed by atoms with Crippen molar-refractivity contribution in [2.24, 2.45) is 11.7 Å². The molecule has 2 atom stereocenters. The lowest BCUT2D eigenvalue weighted by molar-refractivity contribution is -0.143. The first kappa shape index (κ1) is 34.2. The van der Waals surface area contributed by atoms with E-state index in [-0.39, 0.29) is 41.3 Å². The zero-order chi connectivity index (χ0) is 33.7. The van der Waals surface area contributed by atoms with Crippen molar-refractivity contribution in [1.82, 2.24) is 4.98 Å². The van der Waals surface area contributed by atoms with Crippen molar-refractivity contribution < 1.29 is 41.0 Å². The second kappa shape index (κ2) is 11.9. The van der Waals surface area contributed by atoms with Crippen molar-refractivity contribution in [3.8, 4) is 11.1 Å². The maximum atomic E-state index is 14.0. The van der Waals surface area contributed by atoms with E-state index < -0.39 is 58.6 Å². The zero-order valence-electron chi connectivity index (χ0n) is 24.7. The van der Waals surface area contributed by atoms with E-state index in [1.165, 1.54) is 34.0 Å². The molecule has 1 amide bonds. The van der Waals surface area contributed by atoms with Crippen LogP contribution in [0.3, 0.4) is 0 Å². The van der Waals surface area contributed by atoms with Gasteiger partial charge in [-0.15, -0.1) is 0 Å². The van der Waals surface area contributed by atoms with E-state index in [2.05, 4.69) is 4.98 Å². The molecular weight excluding hydrogens is 626 g/mol. The number of aromatic nitrogens is 1. The van der Waals surface area contributed by atoms with Gasteiger partial charge < -0.3 is 20.6 Å². The predicted octanol–water partition coefficient (Wildman–Crippen LogP) is 6.44. The normalized spacial score (nSPS) is 19.1. The van der Waals surface area contributed by atoms with Crippen LogP contribution in [0.1, 0.15) is 43.9 Å². The molecule has 0 unspecified atom stereocenters. The lowest BCUT2D eigenvalue weighted by atomic mass is 9.81. The molecule has 1 aliphatic rings. The van der Waals surface area contributed by atoms with Gasteiger partial charge in [0, 0.05) is 35.7 Å². The summed E-state index contributed by atoms with van der Waals surface area (Å²) in [6, 6.07) is 9.23. The number of alkyl halides is 6. The summed E-state index contributed by atoms with van der Waals surface area (Å²) in [5, 5.41) is 10.4. The van der Waals surface area contributed by atoms with Crippen LogP contribution in [0, 0.1) is 5.92 Å². The van der Waals surface area contributed by atoms with E-state index in [0.717, 1.165) is 4.90 Å². The molecular formula is C31H31ClF6N4O3. The summed E-state index contributed by atoms with van der Waals surface area (Å²) >= 11 is 6.52. The highest BCUT2D eigenvalue weighted by atomic mass is 35.5. The van der Waals surface area contributed by atoms with Crippen molar-refractivity contribution >= 4 is 34.8 Å². The summed E-state index contributed by atoms with van der Waals surface area (Å²) in [5.41, 5.74) is 0.604. The Kier molecular flexibility index (Phi) is 9.06. The Hall–Kier alpha value is -3.68. The fourth-order valence-corrected chi connectivity index (χ4v) is 5.70. The van der Waals surface area contributed by atoms with Gasteiger partial charge in [0.25, 0.3) is 0 Å². The molecule has 45 heavy (non-hydrogen) atoms. The number of Topliss-reactive ketones (excluding diaryl/α,β-unsaturated/α-hetero) is 1. The first-order chi connectivity index (χ1) is 20.7. The summed E-state index contributed by atoms with van der Waals surface area (Å²) in [5.74, 6) is -1.19. The van der Waals surface area contributed by atoms with Crippen LogP contribution >= 0.6 is 11.6 Å². The van der Waals surface area contributed by atoms with E-state index in [9.17, 15) is 41.0 Å². The topological polar surface area (TPSA) is 99.8 Å². The minimum atomic E-state index is -5.10. The second-order valence-corrected chi connectivity index (χ2v) is 12.1. The van der Waals surface area contributed by atoms with Crippen LogP contribution in [0.5, 0.6) is 0 Å². The minimum absolute atomic E-state index is 0.00476. The number of pyridine rings is 1. The molecule has 1 saturated heterocycles. The third kappa shape index (κ3) is 6.66. The van der Waals surface area contributed by atoms with Gasteiger partial charge in [0.1, 0.15) is 17.3 Å². The molecule has 0 spiro atoms. The first-order valence-electron chi connectivity index (χ1n) is 13.7. The van der Waals surface area contributed by atoms with E-state index in [1.807, 2.05) is 0 Å². The van der Waals surface area contributed by atoms with Gasteiger partial charge in [-0.1, -0.05) is 29.8 Å². The predicted molar refractivity (Wildman–Crippen MR) is 158 cm³/mol. The number of nitrogens with two attached hydrogens (primary N) is 1. The van der Waals surface area contributed by atoms with Crippen LogP contribution in [0.2, 0.25) is 5.02 Å². The molecule has 1 aromatic heterocycles. The van der Waals surface area contributed by atoms with Gasteiger partial charge in [-0.05, 0) is 63.1 Å². The number of likely N-dealkylation sites (N-methyl/N-ethyl adjacent to an activating group) is 1. The Morgan fingerprint density at radius 1 is 1.02 bits per heavy atom. The summed E-state index contributed by atoms with van der Waals surface area (Å²) < 4.78 is 81.7. The molecule has 1 aliphatic heterocycles. The zero-order valence-corrected chi connectivity index (χ0v) is 25.5. The number of carbonyl (C=O) groups excluding carboxylic acids is 2. The number of rotatable bonds is 7. The van der Waals surface area contributed by atoms with E-state index >= 15 is 0 Å². The van der Waals surface area contributed by atoms with E-state index in [4.69, 9.17) is 17.3 Å². The molecule has 7 nitrogen and oxygen atoms in total. The molecule has 2 heterocycles. The van der Waals surface area contributed by atoms with Crippen molar-refractivity contribution in [3.63, 3.8) is 0 Å². The van der Waals surface area contributed by atoms with Crippen LogP contribution < -0.4 is 15.5 Å². The number of aliphatic hydroxyl groups is 1. The number of ketones is 1. The summed E-state index contributed by atoms with van der Waals surface area (Å²) in [7, 11) is 1.32. The van der Waals surface area contributed by atoms with Gasteiger partial charge in [0.15, 0.2) is 0 Å². The van der Waals surface area contributed by atoms with Crippen LogP contribution in [0.4, 0.5) is 37.8 Å². The average molecular weight is 657 g/mol. The fourth-order valence-electron chi connectivity index (χ4n) is 5.46. The van der Waals surface area contributed by atoms with E-state index in [0.29, 0.717) is 23.3 Å². The molecule has 2 aromatic carbocycles. The summed E-state index contributed by atoms with van der Waals surface area (Å²) in [6.45, 7) is 3.54. The number of amides is 1. The Labute approximate surface area is 260 Å². The number of nitrogens with zero attached hydrogens (tertiary/aromatic N) is 3. The SMILES string of the molecule is CC(=O)[C@@H]1CN(c2cc(-c3ccccc3Cl)c(N(C)C(=O)C(C)(C)c3cc(C(F)(F)F)cc(C(F)(F)F)c3)cn2)[C@](N)(CO)C1. The molecule has 0 aliphatic carbocycles.